The Morgan fingerprint density at radius 3 is 2.91 bits per heavy atom. The highest BCUT2D eigenvalue weighted by Crippen LogP contribution is 2.40. The maximum atomic E-state index is 11.0. The van der Waals surface area contributed by atoms with Crippen molar-refractivity contribution in [3.05, 3.63) is 29.1 Å². The Balaban J connectivity index is 1.64. The molecule has 0 radical (unpaired) electrons. The van der Waals surface area contributed by atoms with Crippen LogP contribution in [0.5, 0.6) is 0 Å². The molecule has 0 saturated heterocycles. The first-order valence-electron chi connectivity index (χ1n) is 7.43. The van der Waals surface area contributed by atoms with Crippen LogP contribution in [0.2, 0.25) is 0 Å². The first-order chi connectivity index (χ1) is 11.0. The Hall–Kier alpha value is -1.09. The fourth-order valence-corrected chi connectivity index (χ4v) is 5.06. The third-order valence-electron chi connectivity index (χ3n) is 3.42. The Morgan fingerprint density at radius 1 is 1.26 bits per heavy atom. The lowest BCUT2D eigenvalue weighted by Crippen LogP contribution is -2.24. The minimum Gasteiger partial charge on any atom is -0.361 e. The number of benzene rings is 1. The van der Waals surface area contributed by atoms with E-state index in [-0.39, 0.29) is 0 Å². The van der Waals surface area contributed by atoms with Crippen LogP contribution < -0.4 is 10.0 Å². The summed E-state index contributed by atoms with van der Waals surface area (Å²) in [7, 11) is -3.10. The van der Waals surface area contributed by atoms with Gasteiger partial charge in [-0.3, -0.25) is 0 Å². The number of aromatic nitrogens is 1. The van der Waals surface area contributed by atoms with Crippen molar-refractivity contribution in [3.63, 3.8) is 0 Å². The molecule has 0 unspecified atom stereocenters. The minimum atomic E-state index is -3.10. The summed E-state index contributed by atoms with van der Waals surface area (Å²) in [5, 5.41) is 4.22. The lowest BCUT2D eigenvalue weighted by atomic mass is 10.1. The third-order valence-corrected chi connectivity index (χ3v) is 6.30. The normalized spacial score (nSPS) is 14.0. The van der Waals surface area contributed by atoms with Crippen molar-refractivity contribution >= 4 is 38.3 Å². The van der Waals surface area contributed by atoms with Crippen LogP contribution in [0, 0.1) is 0 Å². The zero-order valence-corrected chi connectivity index (χ0v) is 15.3. The summed E-state index contributed by atoms with van der Waals surface area (Å²) in [4.78, 5) is 7.36. The maximum absolute atomic E-state index is 11.0. The predicted molar refractivity (Wildman–Crippen MR) is 97.9 cm³/mol. The number of aryl methyl sites for hydroxylation is 1. The Kier molecular flexibility index (Phi) is 5.25. The summed E-state index contributed by atoms with van der Waals surface area (Å²) in [6.07, 6.45) is 2.93. The largest absolute Gasteiger partial charge is 0.361 e. The van der Waals surface area contributed by atoms with E-state index in [4.69, 9.17) is 4.98 Å². The Labute approximate surface area is 145 Å². The van der Waals surface area contributed by atoms with Crippen LogP contribution in [-0.4, -0.2) is 38.5 Å². The van der Waals surface area contributed by atoms with Gasteiger partial charge in [0.25, 0.3) is 0 Å². The van der Waals surface area contributed by atoms with Gasteiger partial charge < -0.3 is 5.32 Å². The SMILES string of the molecule is CS(=O)(=O)NCCCNc1nc2c(s1)CCSc1ccccc1-2. The highest BCUT2D eigenvalue weighted by molar-refractivity contribution is 7.99. The van der Waals surface area contributed by atoms with Crippen molar-refractivity contribution in [3.8, 4) is 11.3 Å². The lowest BCUT2D eigenvalue weighted by Gasteiger charge is -2.04. The molecule has 124 valence electrons. The number of nitrogens with zero attached hydrogens (tertiary/aromatic N) is 1. The third kappa shape index (κ3) is 4.47. The molecule has 2 aromatic rings. The standard InChI is InChI=1S/C15H19N3O2S3/c1-23(19,20)17-9-4-8-16-15-18-14-11-5-2-3-6-12(11)21-10-7-13(14)22-15/h2-3,5-6,17H,4,7-10H2,1H3,(H,16,18). The molecule has 0 atom stereocenters. The summed E-state index contributed by atoms with van der Waals surface area (Å²) in [6, 6.07) is 8.40. The molecule has 5 nitrogen and oxygen atoms in total. The molecule has 1 aromatic carbocycles. The van der Waals surface area contributed by atoms with Gasteiger partial charge in [0.2, 0.25) is 10.0 Å². The highest BCUT2D eigenvalue weighted by Gasteiger charge is 2.19. The molecule has 0 amide bonds. The summed E-state index contributed by atoms with van der Waals surface area (Å²) in [6.45, 7) is 1.14. The van der Waals surface area contributed by atoms with Gasteiger partial charge in [-0.2, -0.15) is 0 Å². The Morgan fingerprint density at radius 2 is 2.09 bits per heavy atom. The summed E-state index contributed by atoms with van der Waals surface area (Å²) >= 11 is 3.59. The second-order valence-corrected chi connectivity index (χ2v) is 9.39. The summed E-state index contributed by atoms with van der Waals surface area (Å²) < 4.78 is 24.5. The summed E-state index contributed by atoms with van der Waals surface area (Å²) in [5.74, 6) is 1.07. The molecule has 8 heteroatoms. The number of thioether (sulfide) groups is 1. The molecule has 0 saturated carbocycles. The maximum Gasteiger partial charge on any atom is 0.208 e. The number of fused-ring (bicyclic) bond motifs is 3. The number of hydrogen-bond acceptors (Lipinski definition) is 6. The second kappa shape index (κ2) is 7.21. The van der Waals surface area contributed by atoms with Crippen LogP contribution in [0.4, 0.5) is 5.13 Å². The first-order valence-corrected chi connectivity index (χ1v) is 11.1. The van der Waals surface area contributed by atoms with E-state index in [9.17, 15) is 8.42 Å². The van der Waals surface area contributed by atoms with Gasteiger partial charge in [-0.25, -0.2) is 18.1 Å². The monoisotopic (exact) mass is 369 g/mol. The number of rotatable bonds is 6. The van der Waals surface area contributed by atoms with E-state index in [1.165, 1.54) is 21.6 Å². The number of sulfonamides is 1. The van der Waals surface area contributed by atoms with Crippen LogP contribution >= 0.6 is 23.1 Å². The zero-order chi connectivity index (χ0) is 16.3. The molecule has 1 aromatic heterocycles. The van der Waals surface area contributed by atoms with E-state index in [1.807, 2.05) is 11.8 Å². The van der Waals surface area contributed by atoms with Crippen molar-refractivity contribution in [2.75, 3.05) is 30.4 Å². The minimum absolute atomic E-state index is 0.441. The number of nitrogens with one attached hydrogen (secondary N) is 2. The van der Waals surface area contributed by atoms with Crippen molar-refractivity contribution in [2.24, 2.45) is 0 Å². The van der Waals surface area contributed by atoms with E-state index < -0.39 is 10.0 Å². The van der Waals surface area contributed by atoms with Crippen molar-refractivity contribution in [1.29, 1.82) is 0 Å². The smallest absolute Gasteiger partial charge is 0.208 e. The molecule has 3 rings (SSSR count). The van der Waals surface area contributed by atoms with Crippen LogP contribution in [0.1, 0.15) is 11.3 Å². The van der Waals surface area contributed by atoms with Crippen molar-refractivity contribution in [2.45, 2.75) is 17.7 Å². The van der Waals surface area contributed by atoms with Gasteiger partial charge in [0, 0.05) is 34.2 Å². The molecule has 23 heavy (non-hydrogen) atoms. The van der Waals surface area contributed by atoms with E-state index in [1.54, 1.807) is 11.3 Å². The quantitative estimate of drug-likeness (QED) is 0.766. The molecule has 1 aliphatic heterocycles. The molecule has 2 heterocycles. The topological polar surface area (TPSA) is 71.1 Å². The van der Waals surface area contributed by atoms with Gasteiger partial charge in [-0.15, -0.1) is 23.1 Å². The Bertz CT molecular complexity index is 787. The van der Waals surface area contributed by atoms with Gasteiger partial charge in [0.05, 0.1) is 11.9 Å². The molecule has 2 N–H and O–H groups in total. The van der Waals surface area contributed by atoms with Gasteiger partial charge >= 0.3 is 0 Å². The predicted octanol–water partition coefficient (Wildman–Crippen LogP) is 2.81. The van der Waals surface area contributed by atoms with Gasteiger partial charge in [-0.1, -0.05) is 18.2 Å². The van der Waals surface area contributed by atoms with Gasteiger partial charge in [0.15, 0.2) is 5.13 Å². The number of hydrogen-bond donors (Lipinski definition) is 2. The van der Waals surface area contributed by atoms with Crippen LogP contribution in [0.3, 0.4) is 0 Å². The fraction of sp³-hybridized carbons (Fsp3) is 0.400. The van der Waals surface area contributed by atoms with E-state index in [0.29, 0.717) is 13.1 Å². The number of thiazole rings is 1. The molecule has 0 bridgehead atoms. The average Bonchev–Trinajstić information content (AvgIpc) is 2.81. The fourth-order valence-electron chi connectivity index (χ4n) is 2.39. The van der Waals surface area contributed by atoms with Crippen molar-refractivity contribution in [1.82, 2.24) is 9.71 Å². The molecule has 0 spiro atoms. The van der Waals surface area contributed by atoms with Gasteiger partial charge in [0.1, 0.15) is 0 Å². The molecule has 0 aliphatic carbocycles. The molecular weight excluding hydrogens is 350 g/mol. The van der Waals surface area contributed by atoms with E-state index in [2.05, 4.69) is 34.3 Å². The zero-order valence-electron chi connectivity index (χ0n) is 12.8. The molecular formula is C15H19N3O2S3. The molecule has 1 aliphatic rings. The highest BCUT2D eigenvalue weighted by atomic mass is 32.2. The van der Waals surface area contributed by atoms with E-state index in [0.717, 1.165) is 29.4 Å². The van der Waals surface area contributed by atoms with Crippen molar-refractivity contribution < 1.29 is 8.42 Å². The summed E-state index contributed by atoms with van der Waals surface area (Å²) in [5.41, 5.74) is 2.31. The first kappa shape index (κ1) is 16.8. The van der Waals surface area contributed by atoms with Crippen LogP contribution in [0.25, 0.3) is 11.3 Å². The van der Waals surface area contributed by atoms with Crippen LogP contribution in [-0.2, 0) is 16.4 Å². The lowest BCUT2D eigenvalue weighted by molar-refractivity contribution is 0.586. The number of anilines is 1. The van der Waals surface area contributed by atoms with Crippen LogP contribution in [0.15, 0.2) is 29.2 Å². The van der Waals surface area contributed by atoms with Gasteiger partial charge in [-0.05, 0) is 18.9 Å². The van der Waals surface area contributed by atoms with E-state index >= 15 is 0 Å². The second-order valence-electron chi connectivity index (χ2n) is 5.33. The molecule has 0 fully saturated rings. The average molecular weight is 370 g/mol.